The van der Waals surface area contributed by atoms with Crippen LogP contribution >= 0.6 is 11.6 Å². The monoisotopic (exact) mass is 472 g/mol. The number of amides is 1. The zero-order valence-corrected chi connectivity index (χ0v) is 18.9. The molecule has 2 atom stereocenters. The largest absolute Gasteiger partial charge is 0.361 e. The smallest absolute Gasteiger partial charge is 0.337 e. The van der Waals surface area contributed by atoms with E-state index in [1.165, 1.54) is 5.06 Å². The molecule has 0 spiro atoms. The first-order valence-corrected chi connectivity index (χ1v) is 11.6. The summed E-state index contributed by atoms with van der Waals surface area (Å²) in [5, 5.41) is 4.88. The highest BCUT2D eigenvalue weighted by molar-refractivity contribution is 6.31. The number of anilines is 1. The van der Waals surface area contributed by atoms with Crippen molar-refractivity contribution in [2.75, 3.05) is 5.06 Å². The van der Waals surface area contributed by atoms with E-state index in [-0.39, 0.29) is 18.1 Å². The fourth-order valence-electron chi connectivity index (χ4n) is 5.51. The standard InChI is InChI=1S/C27H21ClN2O4/c28-20-13-14-21-22(15-20)30-27(23(21)31,19-11-12-19)26(25(33)34-30,16-17-7-3-1-4-8-17)29-24(32)18-9-5-2-6-10-18/h1-10,13-15,19H,11-12,16H2,(H,29,32)/t26-,27-/m1/s1. The zero-order chi connectivity index (χ0) is 23.5. The topological polar surface area (TPSA) is 75.7 Å². The van der Waals surface area contributed by atoms with Crippen LogP contribution in [-0.4, -0.2) is 28.7 Å². The van der Waals surface area contributed by atoms with Gasteiger partial charge in [0.05, 0.1) is 5.69 Å². The van der Waals surface area contributed by atoms with Gasteiger partial charge in [-0.1, -0.05) is 60.1 Å². The quantitative estimate of drug-likeness (QED) is 0.596. The van der Waals surface area contributed by atoms with Crippen LogP contribution in [-0.2, 0) is 16.1 Å². The first-order valence-electron chi connectivity index (χ1n) is 11.3. The Bertz CT molecular complexity index is 1320. The number of carbonyl (C=O) groups excluding carboxylic acids is 3. The summed E-state index contributed by atoms with van der Waals surface area (Å²) in [6, 6.07) is 23.0. The lowest BCUT2D eigenvalue weighted by Crippen LogP contribution is -2.72. The van der Waals surface area contributed by atoms with E-state index < -0.39 is 23.0 Å². The van der Waals surface area contributed by atoms with Crippen molar-refractivity contribution in [3.63, 3.8) is 0 Å². The lowest BCUT2D eigenvalue weighted by atomic mass is 9.68. The molecule has 3 aliphatic rings. The Morgan fingerprint density at radius 3 is 2.35 bits per heavy atom. The van der Waals surface area contributed by atoms with E-state index >= 15 is 0 Å². The van der Waals surface area contributed by atoms with Crippen molar-refractivity contribution < 1.29 is 19.2 Å². The van der Waals surface area contributed by atoms with E-state index in [4.69, 9.17) is 16.4 Å². The number of Topliss-reactive ketones (excluding diaryl/α,β-unsaturated/α-hetero) is 1. The van der Waals surface area contributed by atoms with Crippen molar-refractivity contribution in [3.8, 4) is 0 Å². The summed E-state index contributed by atoms with van der Waals surface area (Å²) in [6.07, 6.45) is 1.61. The van der Waals surface area contributed by atoms with Gasteiger partial charge in [0.2, 0.25) is 0 Å². The summed E-state index contributed by atoms with van der Waals surface area (Å²) in [5.74, 6) is -1.46. The number of nitrogens with zero attached hydrogens (tertiary/aromatic N) is 1. The molecule has 6 rings (SSSR count). The van der Waals surface area contributed by atoms with Gasteiger partial charge in [-0.15, -0.1) is 0 Å². The van der Waals surface area contributed by atoms with Crippen LogP contribution in [0.2, 0.25) is 5.02 Å². The molecular weight excluding hydrogens is 452 g/mol. The van der Waals surface area contributed by atoms with Crippen LogP contribution in [0.3, 0.4) is 0 Å². The minimum atomic E-state index is -1.62. The van der Waals surface area contributed by atoms with Gasteiger partial charge in [0.25, 0.3) is 5.91 Å². The molecule has 3 aromatic carbocycles. The summed E-state index contributed by atoms with van der Waals surface area (Å²) < 4.78 is 0. The third kappa shape index (κ3) is 2.78. The predicted octanol–water partition coefficient (Wildman–Crippen LogP) is 4.37. The minimum absolute atomic E-state index is 0.117. The van der Waals surface area contributed by atoms with Crippen LogP contribution in [0.4, 0.5) is 5.69 Å². The van der Waals surface area contributed by atoms with E-state index in [9.17, 15) is 14.4 Å². The number of hydrogen-bond donors (Lipinski definition) is 1. The van der Waals surface area contributed by atoms with Crippen LogP contribution in [0.25, 0.3) is 0 Å². The van der Waals surface area contributed by atoms with Crippen LogP contribution < -0.4 is 10.4 Å². The van der Waals surface area contributed by atoms with Gasteiger partial charge in [-0.25, -0.2) is 4.79 Å². The fraction of sp³-hybridized carbons (Fsp3) is 0.222. The normalized spacial score (nSPS) is 25.0. The molecule has 3 aromatic rings. The SMILES string of the molecule is O=C(N[C@]1(Cc2ccccc2)C(=O)ON2c3cc(Cl)ccc3C(=O)[C@@]21C1CC1)c1ccccc1. The van der Waals surface area contributed by atoms with Crippen molar-refractivity contribution in [2.45, 2.75) is 30.3 Å². The van der Waals surface area contributed by atoms with E-state index in [0.29, 0.717) is 21.8 Å². The lowest BCUT2D eigenvalue weighted by molar-refractivity contribution is -0.144. The number of rotatable bonds is 5. The molecule has 170 valence electrons. The second-order valence-electron chi connectivity index (χ2n) is 9.09. The average molecular weight is 473 g/mol. The zero-order valence-electron chi connectivity index (χ0n) is 18.2. The Morgan fingerprint density at radius 2 is 1.68 bits per heavy atom. The Morgan fingerprint density at radius 1 is 1.00 bits per heavy atom. The predicted molar refractivity (Wildman–Crippen MR) is 127 cm³/mol. The molecule has 7 heteroatoms. The number of fused-ring (bicyclic) bond motifs is 3. The average Bonchev–Trinajstić information content (AvgIpc) is 3.63. The molecule has 1 N–H and O–H groups in total. The van der Waals surface area contributed by atoms with Gasteiger partial charge in [-0.05, 0) is 54.7 Å². The summed E-state index contributed by atoms with van der Waals surface area (Å²) in [7, 11) is 0. The van der Waals surface area contributed by atoms with Crippen LogP contribution in [0.5, 0.6) is 0 Å². The number of hydroxylamine groups is 1. The minimum Gasteiger partial charge on any atom is -0.337 e. The molecule has 1 saturated heterocycles. The summed E-state index contributed by atoms with van der Waals surface area (Å²) in [5.41, 5.74) is -0.894. The van der Waals surface area contributed by atoms with Crippen molar-refractivity contribution >= 4 is 34.9 Å². The maximum absolute atomic E-state index is 14.2. The van der Waals surface area contributed by atoms with Crippen molar-refractivity contribution in [3.05, 3.63) is 101 Å². The van der Waals surface area contributed by atoms with Crippen molar-refractivity contribution in [1.82, 2.24) is 5.32 Å². The molecule has 2 aliphatic heterocycles. The molecule has 1 aliphatic carbocycles. The molecule has 0 aromatic heterocycles. The highest BCUT2D eigenvalue weighted by atomic mass is 35.5. The third-order valence-corrected chi connectivity index (χ3v) is 7.34. The molecule has 0 bridgehead atoms. The maximum atomic E-state index is 14.2. The Kier molecular flexibility index (Phi) is 4.58. The number of ketones is 1. The number of hydrogen-bond acceptors (Lipinski definition) is 5. The van der Waals surface area contributed by atoms with Gasteiger partial charge >= 0.3 is 5.97 Å². The van der Waals surface area contributed by atoms with E-state index in [2.05, 4.69) is 5.32 Å². The molecule has 0 radical (unpaired) electrons. The first-order chi connectivity index (χ1) is 16.5. The maximum Gasteiger partial charge on any atom is 0.361 e. The molecule has 2 heterocycles. The Hall–Kier alpha value is -3.64. The van der Waals surface area contributed by atoms with Crippen molar-refractivity contribution in [2.24, 2.45) is 5.92 Å². The van der Waals surface area contributed by atoms with Crippen LogP contribution in [0.1, 0.15) is 39.1 Å². The van der Waals surface area contributed by atoms with Gasteiger partial charge in [0, 0.05) is 22.6 Å². The molecule has 1 saturated carbocycles. The van der Waals surface area contributed by atoms with Gasteiger partial charge in [-0.2, -0.15) is 5.06 Å². The highest BCUT2D eigenvalue weighted by Crippen LogP contribution is 2.60. The number of halogens is 1. The van der Waals surface area contributed by atoms with E-state index in [1.807, 2.05) is 36.4 Å². The Balaban J connectivity index is 1.56. The highest BCUT2D eigenvalue weighted by Gasteiger charge is 2.79. The van der Waals surface area contributed by atoms with Crippen molar-refractivity contribution in [1.29, 1.82) is 0 Å². The van der Waals surface area contributed by atoms with Gasteiger partial charge < -0.3 is 10.2 Å². The fourth-order valence-corrected chi connectivity index (χ4v) is 5.68. The second-order valence-corrected chi connectivity index (χ2v) is 9.53. The molecule has 6 nitrogen and oxygen atoms in total. The van der Waals surface area contributed by atoms with Gasteiger partial charge in [-0.3, -0.25) is 9.59 Å². The molecular formula is C27H21ClN2O4. The molecule has 34 heavy (non-hydrogen) atoms. The second kappa shape index (κ2) is 7.43. The number of nitrogens with one attached hydrogen (secondary N) is 1. The van der Waals surface area contributed by atoms with Gasteiger partial charge in [0.15, 0.2) is 16.9 Å². The van der Waals surface area contributed by atoms with Gasteiger partial charge in [0.1, 0.15) is 0 Å². The molecule has 1 amide bonds. The summed E-state index contributed by atoms with van der Waals surface area (Å²) in [6.45, 7) is 0. The Labute approximate surface area is 201 Å². The molecule has 0 unspecified atom stereocenters. The van der Waals surface area contributed by atoms with E-state index in [1.54, 1.807) is 42.5 Å². The molecule has 2 fully saturated rings. The summed E-state index contributed by atoms with van der Waals surface area (Å²) >= 11 is 6.26. The first kappa shape index (κ1) is 20.9. The van der Waals surface area contributed by atoms with Crippen LogP contribution in [0.15, 0.2) is 78.9 Å². The third-order valence-electron chi connectivity index (χ3n) is 7.11. The number of carbonyl (C=O) groups is 3. The van der Waals surface area contributed by atoms with E-state index in [0.717, 1.165) is 18.4 Å². The lowest BCUT2D eigenvalue weighted by Gasteiger charge is -2.41. The number of benzene rings is 3. The summed E-state index contributed by atoms with van der Waals surface area (Å²) in [4.78, 5) is 47.3. The van der Waals surface area contributed by atoms with Crippen LogP contribution in [0, 0.1) is 5.92 Å².